The van der Waals surface area contributed by atoms with Crippen molar-refractivity contribution in [3.63, 3.8) is 0 Å². The van der Waals surface area contributed by atoms with E-state index in [0.717, 1.165) is 43.2 Å². The average molecular weight is 333 g/mol. The summed E-state index contributed by atoms with van der Waals surface area (Å²) in [7, 11) is 0. The monoisotopic (exact) mass is 333 g/mol. The zero-order chi connectivity index (χ0) is 16.8. The van der Waals surface area contributed by atoms with Crippen molar-refractivity contribution in [1.29, 1.82) is 0 Å². The number of pyridine rings is 1. The van der Waals surface area contributed by atoms with E-state index in [1.807, 2.05) is 12.1 Å². The Bertz CT molecular complexity index is 636. The molecule has 6 heteroatoms. The molecule has 2 heterocycles. The molecule has 1 fully saturated rings. The Balaban J connectivity index is 1.48. The number of rotatable bonds is 6. The molecule has 1 N–H and O–H groups in total. The Labute approximate surface area is 140 Å². The quantitative estimate of drug-likeness (QED) is 0.876. The molecule has 1 saturated heterocycles. The number of aromatic hydroxyl groups is 1. The lowest BCUT2D eigenvalue weighted by Gasteiger charge is -2.22. The highest BCUT2D eigenvalue weighted by atomic mass is 19.1. The standard InChI is InChI=1S/C18H20FNO4/c19-14-7-16(21)9-17(8-14)23-11-13-4-5-15(20-10-13)12-24-18-3-1-2-6-22-18/h4-5,7-10,18,21H,1-3,6,11-12H2. The lowest BCUT2D eigenvalue weighted by atomic mass is 10.2. The molecule has 3 rings (SSSR count). The van der Waals surface area contributed by atoms with E-state index in [9.17, 15) is 9.50 Å². The molecule has 0 saturated carbocycles. The summed E-state index contributed by atoms with van der Waals surface area (Å²) in [6.07, 6.45) is 4.70. The second kappa shape index (κ2) is 8.08. The highest BCUT2D eigenvalue weighted by Gasteiger charge is 2.14. The molecular formula is C18H20FNO4. The van der Waals surface area contributed by atoms with Crippen molar-refractivity contribution in [2.24, 2.45) is 0 Å². The molecule has 1 aliphatic rings. The minimum Gasteiger partial charge on any atom is -0.508 e. The number of hydrogen-bond acceptors (Lipinski definition) is 5. The van der Waals surface area contributed by atoms with Gasteiger partial charge in [0.05, 0.1) is 12.3 Å². The molecule has 128 valence electrons. The number of hydrogen-bond donors (Lipinski definition) is 1. The van der Waals surface area contributed by atoms with Crippen LogP contribution in [0.25, 0.3) is 0 Å². The molecule has 1 aromatic heterocycles. The molecular weight excluding hydrogens is 313 g/mol. The molecule has 1 unspecified atom stereocenters. The van der Waals surface area contributed by atoms with Gasteiger partial charge in [0.1, 0.15) is 23.9 Å². The number of nitrogens with zero attached hydrogens (tertiary/aromatic N) is 1. The summed E-state index contributed by atoms with van der Waals surface area (Å²) in [4.78, 5) is 4.33. The maximum Gasteiger partial charge on any atom is 0.158 e. The third-order valence-electron chi connectivity index (χ3n) is 3.70. The SMILES string of the molecule is Oc1cc(F)cc(OCc2ccc(COC3CCCCO3)nc2)c1. The summed E-state index contributed by atoms with van der Waals surface area (Å²) >= 11 is 0. The van der Waals surface area contributed by atoms with Gasteiger partial charge in [0.2, 0.25) is 0 Å². The van der Waals surface area contributed by atoms with Crippen molar-refractivity contribution < 1.29 is 23.7 Å². The fourth-order valence-corrected chi connectivity index (χ4v) is 2.44. The van der Waals surface area contributed by atoms with Crippen LogP contribution in [0.5, 0.6) is 11.5 Å². The third-order valence-corrected chi connectivity index (χ3v) is 3.70. The van der Waals surface area contributed by atoms with Gasteiger partial charge in [0.15, 0.2) is 6.29 Å². The number of phenolic OH excluding ortho intramolecular Hbond substituents is 1. The summed E-state index contributed by atoms with van der Waals surface area (Å²) in [5.41, 5.74) is 1.66. The average Bonchev–Trinajstić information content (AvgIpc) is 2.59. The summed E-state index contributed by atoms with van der Waals surface area (Å²) < 4.78 is 29.8. The normalized spacial score (nSPS) is 17.6. The Kier molecular flexibility index (Phi) is 5.61. The Morgan fingerprint density at radius 1 is 1.21 bits per heavy atom. The molecule has 0 aliphatic carbocycles. The first-order valence-electron chi connectivity index (χ1n) is 7.98. The van der Waals surface area contributed by atoms with E-state index >= 15 is 0 Å². The van der Waals surface area contributed by atoms with E-state index in [4.69, 9.17) is 14.2 Å². The largest absolute Gasteiger partial charge is 0.508 e. The summed E-state index contributed by atoms with van der Waals surface area (Å²) in [5, 5.41) is 9.34. The van der Waals surface area contributed by atoms with Gasteiger partial charge in [-0.2, -0.15) is 0 Å². The highest BCUT2D eigenvalue weighted by Crippen LogP contribution is 2.21. The van der Waals surface area contributed by atoms with Crippen LogP contribution in [0.4, 0.5) is 4.39 Å². The third kappa shape index (κ3) is 4.91. The highest BCUT2D eigenvalue weighted by molar-refractivity contribution is 5.33. The van der Waals surface area contributed by atoms with Crippen LogP contribution in [0.3, 0.4) is 0 Å². The molecule has 1 atom stereocenters. The van der Waals surface area contributed by atoms with Gasteiger partial charge in [0, 0.05) is 36.6 Å². The number of benzene rings is 1. The first-order chi connectivity index (χ1) is 11.7. The Hall–Kier alpha value is -2.18. The molecule has 0 radical (unpaired) electrons. The van der Waals surface area contributed by atoms with Crippen LogP contribution in [0.15, 0.2) is 36.5 Å². The fourth-order valence-electron chi connectivity index (χ4n) is 2.44. The summed E-state index contributed by atoms with van der Waals surface area (Å²) in [6.45, 7) is 1.40. The van der Waals surface area contributed by atoms with Gasteiger partial charge in [-0.1, -0.05) is 6.07 Å². The lowest BCUT2D eigenvalue weighted by molar-refractivity contribution is -0.169. The van der Waals surface area contributed by atoms with Crippen molar-refractivity contribution in [2.45, 2.75) is 38.8 Å². The molecule has 0 amide bonds. The topological polar surface area (TPSA) is 60.8 Å². The Morgan fingerprint density at radius 2 is 2.12 bits per heavy atom. The molecule has 1 aliphatic heterocycles. The van der Waals surface area contributed by atoms with Crippen LogP contribution in [-0.4, -0.2) is 23.0 Å². The number of halogens is 1. The van der Waals surface area contributed by atoms with E-state index < -0.39 is 5.82 Å². The van der Waals surface area contributed by atoms with Crippen molar-refractivity contribution in [1.82, 2.24) is 4.98 Å². The molecule has 5 nitrogen and oxygen atoms in total. The van der Waals surface area contributed by atoms with E-state index in [2.05, 4.69) is 4.98 Å². The predicted molar refractivity (Wildman–Crippen MR) is 85.0 cm³/mol. The van der Waals surface area contributed by atoms with E-state index in [-0.39, 0.29) is 24.4 Å². The van der Waals surface area contributed by atoms with E-state index in [0.29, 0.717) is 6.61 Å². The van der Waals surface area contributed by atoms with Gasteiger partial charge >= 0.3 is 0 Å². The maximum absolute atomic E-state index is 13.2. The van der Waals surface area contributed by atoms with Crippen molar-refractivity contribution in [3.8, 4) is 11.5 Å². The van der Waals surface area contributed by atoms with Crippen LogP contribution in [0, 0.1) is 5.82 Å². The first-order valence-corrected chi connectivity index (χ1v) is 7.98. The minimum atomic E-state index is -0.541. The number of ether oxygens (including phenoxy) is 3. The second-order valence-electron chi connectivity index (χ2n) is 5.70. The molecule has 0 bridgehead atoms. The lowest BCUT2D eigenvalue weighted by Crippen LogP contribution is -2.22. The molecule has 0 spiro atoms. The first kappa shape index (κ1) is 16.7. The predicted octanol–water partition coefficient (Wildman–Crippen LogP) is 3.55. The summed E-state index contributed by atoms with van der Waals surface area (Å²) in [6, 6.07) is 7.36. The van der Waals surface area contributed by atoms with Crippen LogP contribution < -0.4 is 4.74 Å². The Morgan fingerprint density at radius 3 is 2.83 bits per heavy atom. The van der Waals surface area contributed by atoms with Gasteiger partial charge in [-0.25, -0.2) is 4.39 Å². The molecule has 24 heavy (non-hydrogen) atoms. The maximum atomic E-state index is 13.2. The van der Waals surface area contributed by atoms with Gasteiger partial charge in [-0.3, -0.25) is 4.98 Å². The van der Waals surface area contributed by atoms with Crippen molar-refractivity contribution in [3.05, 3.63) is 53.6 Å². The zero-order valence-electron chi connectivity index (χ0n) is 13.3. The van der Waals surface area contributed by atoms with Crippen LogP contribution in [0.1, 0.15) is 30.5 Å². The van der Waals surface area contributed by atoms with Gasteiger partial charge in [0.25, 0.3) is 0 Å². The smallest absolute Gasteiger partial charge is 0.158 e. The van der Waals surface area contributed by atoms with Crippen LogP contribution in [0.2, 0.25) is 0 Å². The summed E-state index contributed by atoms with van der Waals surface area (Å²) in [5.74, 6) is -0.435. The molecule has 2 aromatic rings. The minimum absolute atomic E-state index is 0.135. The molecule has 1 aromatic carbocycles. The fraction of sp³-hybridized carbons (Fsp3) is 0.389. The van der Waals surface area contributed by atoms with E-state index in [1.54, 1.807) is 6.20 Å². The van der Waals surface area contributed by atoms with Crippen molar-refractivity contribution in [2.75, 3.05) is 6.61 Å². The van der Waals surface area contributed by atoms with Gasteiger partial charge in [-0.15, -0.1) is 0 Å². The van der Waals surface area contributed by atoms with Crippen molar-refractivity contribution >= 4 is 0 Å². The van der Waals surface area contributed by atoms with Crippen LogP contribution in [-0.2, 0) is 22.7 Å². The zero-order valence-corrected chi connectivity index (χ0v) is 13.3. The van der Waals surface area contributed by atoms with E-state index in [1.165, 1.54) is 12.1 Å². The number of phenols is 1. The van der Waals surface area contributed by atoms with Gasteiger partial charge < -0.3 is 19.3 Å². The van der Waals surface area contributed by atoms with Gasteiger partial charge in [-0.05, 0) is 25.3 Å². The van der Waals surface area contributed by atoms with Crippen LogP contribution >= 0.6 is 0 Å². The number of aromatic nitrogens is 1. The second-order valence-corrected chi connectivity index (χ2v) is 5.70.